The summed E-state index contributed by atoms with van der Waals surface area (Å²) in [6.07, 6.45) is -11.6. The third kappa shape index (κ3) is 20.9. The van der Waals surface area contributed by atoms with E-state index >= 15 is 0 Å². The van der Waals surface area contributed by atoms with Gasteiger partial charge in [0.2, 0.25) is 0 Å². The number of carbonyl (C=O) groups is 3. The standard InChI is InChI=1S/C7H4F8.3CH2O.Ru/c8-5(9,7(13,14)15)3-1-2-4-6(10,11)12;3*1-2;/h1-4H;3*1H2;. The van der Waals surface area contributed by atoms with Crippen LogP contribution in [0.5, 0.6) is 0 Å². The van der Waals surface area contributed by atoms with E-state index in [4.69, 9.17) is 14.4 Å². The second-order valence-corrected chi connectivity index (χ2v) is 2.38. The summed E-state index contributed by atoms with van der Waals surface area (Å²) in [5.74, 6) is -5.14. The van der Waals surface area contributed by atoms with Crippen molar-refractivity contribution in [1.29, 1.82) is 0 Å². The average Bonchev–Trinajstić information content (AvgIpc) is 2.39. The van der Waals surface area contributed by atoms with Gasteiger partial charge in [-0.15, -0.1) is 0 Å². The molecule has 0 unspecified atom stereocenters. The zero-order valence-corrected chi connectivity index (χ0v) is 12.3. The van der Waals surface area contributed by atoms with E-state index in [1.54, 1.807) is 0 Å². The van der Waals surface area contributed by atoms with Crippen LogP contribution in [-0.2, 0) is 33.9 Å². The Balaban J connectivity index is -0.000000122. The number of allylic oxidation sites excluding steroid dienone is 4. The minimum Gasteiger partial charge on any atom is -0.307 e. The topological polar surface area (TPSA) is 51.2 Å². The molecule has 0 heterocycles. The van der Waals surface area contributed by atoms with E-state index in [0.29, 0.717) is 0 Å². The molecule has 0 bridgehead atoms. The first-order chi connectivity index (χ1) is 9.46. The van der Waals surface area contributed by atoms with Crippen molar-refractivity contribution in [1.82, 2.24) is 0 Å². The fourth-order valence-corrected chi connectivity index (χ4v) is 0.436. The number of carbonyl (C=O) groups excluding carboxylic acids is 3. The fraction of sp³-hybridized carbons (Fsp3) is 0.300. The number of rotatable bonds is 2. The summed E-state index contributed by atoms with van der Waals surface area (Å²) in [4.78, 5) is 24.0. The zero-order valence-electron chi connectivity index (χ0n) is 10.5. The molecular weight excluding hydrogens is 421 g/mol. The molecule has 0 saturated heterocycles. The van der Waals surface area contributed by atoms with Gasteiger partial charge in [0.15, 0.2) is 0 Å². The molecule has 0 saturated carbocycles. The molecule has 0 fully saturated rings. The van der Waals surface area contributed by atoms with E-state index in [-0.39, 0.29) is 31.6 Å². The summed E-state index contributed by atoms with van der Waals surface area (Å²) in [5, 5.41) is 0. The van der Waals surface area contributed by atoms with Gasteiger partial charge in [0.05, 0.1) is 0 Å². The fourth-order valence-electron chi connectivity index (χ4n) is 0.436. The van der Waals surface area contributed by atoms with Crippen LogP contribution in [0.1, 0.15) is 0 Å². The van der Waals surface area contributed by atoms with Crippen LogP contribution in [-0.4, -0.2) is 38.6 Å². The third-order valence-corrected chi connectivity index (χ3v) is 1.08. The average molecular weight is 431 g/mol. The van der Waals surface area contributed by atoms with Crippen molar-refractivity contribution < 1.29 is 69.0 Å². The van der Waals surface area contributed by atoms with E-state index in [1.165, 1.54) is 0 Å². The Morgan fingerprint density at radius 1 is 0.591 bits per heavy atom. The Hall–Kier alpha value is -1.45. The van der Waals surface area contributed by atoms with Crippen molar-refractivity contribution >= 4 is 20.4 Å². The van der Waals surface area contributed by atoms with E-state index in [1.807, 2.05) is 20.4 Å². The minimum atomic E-state index is -5.81. The summed E-state index contributed by atoms with van der Waals surface area (Å²) in [6, 6.07) is 0. The van der Waals surface area contributed by atoms with E-state index < -0.39 is 30.4 Å². The first-order valence-corrected chi connectivity index (χ1v) is 4.21. The molecule has 0 aromatic heterocycles. The van der Waals surface area contributed by atoms with Crippen molar-refractivity contribution in [3.8, 4) is 0 Å². The van der Waals surface area contributed by atoms with Crippen molar-refractivity contribution in [2.45, 2.75) is 18.3 Å². The molecule has 0 aromatic rings. The van der Waals surface area contributed by atoms with Crippen molar-refractivity contribution in [2.24, 2.45) is 0 Å². The third-order valence-electron chi connectivity index (χ3n) is 1.08. The Morgan fingerprint density at radius 2 is 0.864 bits per heavy atom. The van der Waals surface area contributed by atoms with Gasteiger partial charge in [-0.1, -0.05) is 12.2 Å². The molecular formula is C10H10F8O3Ru. The molecule has 0 radical (unpaired) electrons. The van der Waals surface area contributed by atoms with Gasteiger partial charge >= 0.3 is 18.3 Å². The molecule has 12 heteroatoms. The van der Waals surface area contributed by atoms with Crippen LogP contribution in [0.3, 0.4) is 0 Å². The van der Waals surface area contributed by atoms with Crippen molar-refractivity contribution in [3.05, 3.63) is 24.3 Å². The van der Waals surface area contributed by atoms with Gasteiger partial charge in [0, 0.05) is 25.6 Å². The Labute approximate surface area is 132 Å². The van der Waals surface area contributed by atoms with Gasteiger partial charge in [0.1, 0.15) is 20.4 Å². The molecule has 0 aliphatic heterocycles. The van der Waals surface area contributed by atoms with Crippen LogP contribution < -0.4 is 0 Å². The SMILES string of the molecule is C=O.C=O.C=O.FC(F)(F)C=CC=CC(F)(F)C(F)(F)F.[Ru]. The second-order valence-electron chi connectivity index (χ2n) is 2.38. The van der Waals surface area contributed by atoms with Crippen LogP contribution in [0.2, 0.25) is 0 Å². The molecule has 0 N–H and O–H groups in total. The normalized spacial score (nSPS) is 11.1. The van der Waals surface area contributed by atoms with Gasteiger partial charge in [0.25, 0.3) is 0 Å². The smallest absolute Gasteiger partial charge is 0.307 e. The first-order valence-electron chi connectivity index (χ1n) is 4.21. The molecule has 0 spiro atoms. The van der Waals surface area contributed by atoms with Gasteiger partial charge in [-0.25, -0.2) is 0 Å². The van der Waals surface area contributed by atoms with Crippen molar-refractivity contribution in [3.63, 3.8) is 0 Å². The maximum atomic E-state index is 12.0. The Kier molecular flexibility index (Phi) is 23.5. The molecule has 0 amide bonds. The van der Waals surface area contributed by atoms with Crippen molar-refractivity contribution in [2.75, 3.05) is 0 Å². The van der Waals surface area contributed by atoms with Gasteiger partial charge in [-0.05, 0) is 6.08 Å². The number of alkyl halides is 8. The largest absolute Gasteiger partial charge is 0.457 e. The van der Waals surface area contributed by atoms with E-state index in [0.717, 1.165) is 0 Å². The van der Waals surface area contributed by atoms with Crippen LogP contribution in [0.4, 0.5) is 35.1 Å². The van der Waals surface area contributed by atoms with E-state index in [9.17, 15) is 35.1 Å². The van der Waals surface area contributed by atoms with Gasteiger partial charge in [-0.3, -0.25) is 0 Å². The maximum Gasteiger partial charge on any atom is 0.457 e. The summed E-state index contributed by atoms with van der Waals surface area (Å²) in [6.45, 7) is 6.00. The summed E-state index contributed by atoms with van der Waals surface area (Å²) in [7, 11) is 0. The van der Waals surface area contributed by atoms with Crippen LogP contribution in [0, 0.1) is 0 Å². The molecule has 0 aromatic carbocycles. The number of halogens is 8. The van der Waals surface area contributed by atoms with Crippen LogP contribution in [0.25, 0.3) is 0 Å². The summed E-state index contributed by atoms with van der Waals surface area (Å²) < 4.78 is 92.5. The van der Waals surface area contributed by atoms with Gasteiger partial charge < -0.3 is 14.4 Å². The molecule has 132 valence electrons. The number of hydrogen-bond acceptors (Lipinski definition) is 3. The summed E-state index contributed by atoms with van der Waals surface area (Å²) >= 11 is 0. The van der Waals surface area contributed by atoms with Crippen LogP contribution in [0.15, 0.2) is 24.3 Å². The van der Waals surface area contributed by atoms with Gasteiger partial charge in [-0.2, -0.15) is 35.1 Å². The quantitative estimate of drug-likeness (QED) is 0.383. The molecule has 22 heavy (non-hydrogen) atoms. The predicted molar refractivity (Wildman–Crippen MR) is 56.7 cm³/mol. The molecule has 0 atom stereocenters. The van der Waals surface area contributed by atoms with E-state index in [2.05, 4.69) is 0 Å². The second kappa shape index (κ2) is 15.9. The van der Waals surface area contributed by atoms with Crippen LogP contribution >= 0.6 is 0 Å². The molecule has 0 aliphatic rings. The molecule has 0 aliphatic carbocycles. The minimum absolute atomic E-state index is 0. The Morgan fingerprint density at radius 3 is 1.09 bits per heavy atom. The maximum absolute atomic E-state index is 12.0. The monoisotopic (exact) mass is 432 g/mol. The molecule has 0 rings (SSSR count). The Bertz CT molecular complexity index is 308. The predicted octanol–water partition coefficient (Wildman–Crippen LogP) is 3.30. The zero-order chi connectivity index (χ0) is 18.3. The number of hydrogen-bond donors (Lipinski definition) is 0. The molecule has 3 nitrogen and oxygen atoms in total. The summed E-state index contributed by atoms with van der Waals surface area (Å²) in [5.41, 5.74) is 0. The first kappa shape index (κ1) is 32.5.